The topological polar surface area (TPSA) is 75.7 Å². The number of imide groups is 1. The van der Waals surface area contributed by atoms with E-state index < -0.39 is 17.1 Å². The summed E-state index contributed by atoms with van der Waals surface area (Å²) in [5.41, 5.74) is 1.94. The fourth-order valence-electron chi connectivity index (χ4n) is 3.16. The average molecular weight is 667 g/mol. The molecule has 35 heavy (non-hydrogen) atoms. The van der Waals surface area contributed by atoms with Crippen LogP contribution in [0.25, 0.3) is 6.08 Å². The molecule has 4 rings (SSSR count). The second kappa shape index (κ2) is 11.4. The van der Waals surface area contributed by atoms with Crippen molar-refractivity contribution in [3.63, 3.8) is 0 Å². The number of hydrogen-bond donors (Lipinski definition) is 1. The molecule has 3 aromatic rings. The Balaban J connectivity index is 1.47. The Hall–Kier alpha value is -2.70. The number of rotatable bonds is 7. The summed E-state index contributed by atoms with van der Waals surface area (Å²) in [6.07, 6.45) is 1.56. The first kappa shape index (κ1) is 25.4. The van der Waals surface area contributed by atoms with Crippen molar-refractivity contribution in [1.29, 1.82) is 0 Å². The first-order valence-corrected chi connectivity index (χ1v) is 12.9. The van der Waals surface area contributed by atoms with E-state index in [0.29, 0.717) is 17.0 Å². The number of anilines is 1. The van der Waals surface area contributed by atoms with Gasteiger partial charge in [-0.3, -0.25) is 19.3 Å². The first-order valence-electron chi connectivity index (χ1n) is 10.3. The molecule has 10 heteroatoms. The van der Waals surface area contributed by atoms with Crippen LogP contribution in [0.15, 0.2) is 76.1 Å². The highest BCUT2D eigenvalue weighted by atomic mass is 127. The van der Waals surface area contributed by atoms with Gasteiger partial charge in [-0.1, -0.05) is 28.1 Å². The lowest BCUT2D eigenvalue weighted by Gasteiger charge is -2.13. The van der Waals surface area contributed by atoms with Crippen molar-refractivity contribution in [2.75, 3.05) is 11.9 Å². The summed E-state index contributed by atoms with van der Waals surface area (Å²) in [6.45, 7) is -0.191. The number of carbonyl (C=O) groups is 3. The highest BCUT2D eigenvalue weighted by Gasteiger charge is 2.36. The number of ether oxygens (including phenoxy) is 1. The van der Waals surface area contributed by atoms with Crippen molar-refractivity contribution in [1.82, 2.24) is 4.90 Å². The third-order valence-corrected chi connectivity index (χ3v) is 6.99. The van der Waals surface area contributed by atoms with E-state index in [-0.39, 0.29) is 23.9 Å². The molecule has 0 unspecified atom stereocenters. The summed E-state index contributed by atoms with van der Waals surface area (Å²) in [5.74, 6) is -0.871. The van der Waals surface area contributed by atoms with Crippen molar-refractivity contribution in [3.05, 3.63) is 96.6 Å². The van der Waals surface area contributed by atoms with Gasteiger partial charge < -0.3 is 10.1 Å². The first-order chi connectivity index (χ1) is 16.8. The van der Waals surface area contributed by atoms with Gasteiger partial charge in [0.1, 0.15) is 24.7 Å². The molecule has 1 N–H and O–H groups in total. The SMILES string of the molecule is O=C(CN1C(=O)S/C(=C\c2cc(Br)ccc2OCc2ccc(F)cc2)C1=O)Nc1ccc(I)cc1. The number of halogens is 3. The van der Waals surface area contributed by atoms with Crippen LogP contribution in [0.1, 0.15) is 11.1 Å². The third kappa shape index (κ3) is 6.71. The number of nitrogens with zero attached hydrogens (tertiary/aromatic N) is 1. The maximum absolute atomic E-state index is 13.1. The summed E-state index contributed by atoms with van der Waals surface area (Å²) in [5, 5.41) is 2.16. The molecule has 0 aromatic heterocycles. The van der Waals surface area contributed by atoms with Gasteiger partial charge in [0, 0.05) is 19.3 Å². The van der Waals surface area contributed by atoms with E-state index in [1.165, 1.54) is 12.1 Å². The molecule has 1 aliphatic heterocycles. The lowest BCUT2D eigenvalue weighted by molar-refractivity contribution is -0.127. The minimum atomic E-state index is -0.553. The zero-order valence-corrected chi connectivity index (χ0v) is 22.5. The average Bonchev–Trinajstić information content (AvgIpc) is 3.08. The quantitative estimate of drug-likeness (QED) is 0.232. The lowest BCUT2D eigenvalue weighted by Crippen LogP contribution is -2.36. The predicted octanol–water partition coefficient (Wildman–Crippen LogP) is 6.45. The zero-order valence-electron chi connectivity index (χ0n) is 18.0. The summed E-state index contributed by atoms with van der Waals surface area (Å²) in [7, 11) is 0. The van der Waals surface area contributed by atoms with Gasteiger partial charge >= 0.3 is 0 Å². The normalized spacial score (nSPS) is 14.5. The van der Waals surface area contributed by atoms with E-state index >= 15 is 0 Å². The standard InChI is InChI=1S/C25H17BrFIN2O4S/c26-17-3-10-21(34-14-15-1-4-18(27)5-2-15)16(11-17)12-22-24(32)30(25(33)35-22)13-23(31)29-20-8-6-19(28)7-9-20/h1-12H,13-14H2,(H,29,31)/b22-12-. The Kier molecular flexibility index (Phi) is 8.24. The molecule has 3 amide bonds. The number of carbonyl (C=O) groups excluding carboxylic acids is 3. The molecule has 0 aliphatic carbocycles. The number of thioether (sulfide) groups is 1. The van der Waals surface area contributed by atoms with Gasteiger partial charge in [-0.2, -0.15) is 0 Å². The molecule has 0 saturated carbocycles. The molecule has 1 saturated heterocycles. The largest absolute Gasteiger partial charge is 0.488 e. The van der Waals surface area contributed by atoms with E-state index in [1.807, 2.05) is 12.1 Å². The molecular formula is C25H17BrFIN2O4S. The molecule has 0 atom stereocenters. The fraction of sp³-hybridized carbons (Fsp3) is 0.0800. The Labute approximate surface area is 227 Å². The van der Waals surface area contributed by atoms with E-state index in [4.69, 9.17) is 4.74 Å². The molecule has 178 valence electrons. The summed E-state index contributed by atoms with van der Waals surface area (Å²) >= 11 is 6.33. The predicted molar refractivity (Wildman–Crippen MR) is 145 cm³/mol. The van der Waals surface area contributed by atoms with Crippen LogP contribution in [0.3, 0.4) is 0 Å². The van der Waals surface area contributed by atoms with Crippen LogP contribution < -0.4 is 10.1 Å². The summed E-state index contributed by atoms with van der Waals surface area (Å²) in [4.78, 5) is 38.9. The van der Waals surface area contributed by atoms with Gasteiger partial charge in [-0.05, 0) is 101 Å². The minimum Gasteiger partial charge on any atom is -0.488 e. The zero-order chi connectivity index (χ0) is 24.9. The minimum absolute atomic E-state index is 0.182. The van der Waals surface area contributed by atoms with E-state index in [2.05, 4.69) is 43.8 Å². The molecule has 1 aliphatic rings. The van der Waals surface area contributed by atoms with Crippen LogP contribution in [0.2, 0.25) is 0 Å². The highest BCUT2D eigenvalue weighted by molar-refractivity contribution is 14.1. The van der Waals surface area contributed by atoms with Gasteiger partial charge in [-0.15, -0.1) is 0 Å². The Morgan fingerprint density at radius 2 is 1.80 bits per heavy atom. The van der Waals surface area contributed by atoms with E-state index in [9.17, 15) is 18.8 Å². The highest BCUT2D eigenvalue weighted by Crippen LogP contribution is 2.35. The van der Waals surface area contributed by atoms with Gasteiger partial charge in [0.2, 0.25) is 5.91 Å². The molecule has 0 spiro atoms. The fourth-order valence-corrected chi connectivity index (χ4v) is 4.73. The van der Waals surface area contributed by atoms with Crippen molar-refractivity contribution < 1.29 is 23.5 Å². The van der Waals surface area contributed by atoms with Crippen LogP contribution in [0, 0.1) is 9.39 Å². The van der Waals surface area contributed by atoms with E-state index in [1.54, 1.807) is 48.5 Å². The van der Waals surface area contributed by atoms with Crippen LogP contribution >= 0.6 is 50.3 Å². The Morgan fingerprint density at radius 1 is 1.09 bits per heavy atom. The smallest absolute Gasteiger partial charge is 0.294 e. The second-order valence-corrected chi connectivity index (χ2v) is 10.6. The number of amides is 3. The maximum Gasteiger partial charge on any atom is 0.294 e. The number of benzene rings is 3. The maximum atomic E-state index is 13.1. The van der Waals surface area contributed by atoms with Crippen LogP contribution in [-0.4, -0.2) is 28.5 Å². The van der Waals surface area contributed by atoms with Crippen molar-refractivity contribution in [3.8, 4) is 5.75 Å². The summed E-state index contributed by atoms with van der Waals surface area (Å²) < 4.78 is 20.8. The number of hydrogen-bond acceptors (Lipinski definition) is 5. The molecule has 3 aromatic carbocycles. The van der Waals surface area contributed by atoms with E-state index in [0.717, 1.165) is 30.3 Å². The van der Waals surface area contributed by atoms with Gasteiger partial charge in [0.15, 0.2) is 0 Å². The van der Waals surface area contributed by atoms with Gasteiger partial charge in [0.25, 0.3) is 11.1 Å². The Bertz CT molecular complexity index is 1320. The van der Waals surface area contributed by atoms with Gasteiger partial charge in [0.05, 0.1) is 4.91 Å². The molecule has 6 nitrogen and oxygen atoms in total. The molecule has 0 bridgehead atoms. The van der Waals surface area contributed by atoms with Gasteiger partial charge in [-0.25, -0.2) is 4.39 Å². The van der Waals surface area contributed by atoms with Crippen molar-refractivity contribution in [2.24, 2.45) is 0 Å². The molecule has 1 heterocycles. The second-order valence-electron chi connectivity index (χ2n) is 7.42. The van der Waals surface area contributed by atoms with Crippen LogP contribution in [0.5, 0.6) is 5.75 Å². The molecular weight excluding hydrogens is 650 g/mol. The van der Waals surface area contributed by atoms with Crippen molar-refractivity contribution in [2.45, 2.75) is 6.61 Å². The van der Waals surface area contributed by atoms with Crippen LogP contribution in [0.4, 0.5) is 14.9 Å². The van der Waals surface area contributed by atoms with Crippen molar-refractivity contribution >= 4 is 79.1 Å². The third-order valence-electron chi connectivity index (χ3n) is 4.87. The van der Waals surface area contributed by atoms with Crippen LogP contribution in [-0.2, 0) is 16.2 Å². The Morgan fingerprint density at radius 3 is 2.51 bits per heavy atom. The monoisotopic (exact) mass is 666 g/mol. The summed E-state index contributed by atoms with van der Waals surface area (Å²) in [6, 6.07) is 18.4. The lowest BCUT2D eigenvalue weighted by atomic mass is 10.1. The number of nitrogens with one attached hydrogen (secondary N) is 1. The molecule has 0 radical (unpaired) electrons. The molecule has 1 fully saturated rings.